The molecule has 1 saturated heterocycles. The lowest BCUT2D eigenvalue weighted by atomic mass is 9.62. The van der Waals surface area contributed by atoms with Crippen molar-refractivity contribution in [2.75, 3.05) is 46.6 Å². The average Bonchev–Trinajstić information content (AvgIpc) is 3.32. The summed E-state index contributed by atoms with van der Waals surface area (Å²) in [6.07, 6.45) is 3.35. The van der Waals surface area contributed by atoms with Gasteiger partial charge in [0.05, 0.1) is 43.2 Å². The van der Waals surface area contributed by atoms with Crippen LogP contribution < -0.4 is 5.73 Å². The Labute approximate surface area is 435 Å². The van der Waals surface area contributed by atoms with Gasteiger partial charge in [0.2, 0.25) is 0 Å². The number of carbonyl (C=O) groups excluding carboxylic acids is 2. The fourth-order valence-corrected chi connectivity index (χ4v) is 10.1. The first-order chi connectivity index (χ1) is 33.9. The van der Waals surface area contributed by atoms with Crippen LogP contribution in [-0.4, -0.2) is 95.9 Å². The van der Waals surface area contributed by atoms with Gasteiger partial charge in [0.15, 0.2) is 0 Å². The number of methoxy groups -OCH3 is 1. The van der Waals surface area contributed by atoms with Gasteiger partial charge in [-0.05, 0) is 141 Å². The first kappa shape index (κ1) is 57.7. The summed E-state index contributed by atoms with van der Waals surface area (Å²) in [5.41, 5.74) is 10.7. The third-order valence-electron chi connectivity index (χ3n) is 12.1. The molecule has 5 aromatic rings. The maximum atomic E-state index is 14.3. The zero-order valence-corrected chi connectivity index (χ0v) is 44.3. The number of benzene rings is 5. The molecule has 5 atom stereocenters. The summed E-state index contributed by atoms with van der Waals surface area (Å²) >= 11 is 15.3. The van der Waals surface area contributed by atoms with Crippen molar-refractivity contribution in [1.29, 1.82) is 0 Å². The van der Waals surface area contributed by atoms with Gasteiger partial charge in [-0.2, -0.15) is 8.42 Å². The fraction of sp³-hybridized carbons (Fsp3) is 0.396. The second kappa shape index (κ2) is 28.3. The Kier molecular flexibility index (Phi) is 23.0. The molecular formula is C53H62BBrCl2F2N2O9S. The van der Waals surface area contributed by atoms with E-state index in [1.807, 2.05) is 43.3 Å². The Morgan fingerprint density at radius 1 is 0.803 bits per heavy atom. The Bertz CT molecular complexity index is 2600. The maximum Gasteiger partial charge on any atom is 0.311 e. The normalized spacial score (nSPS) is 15.3. The number of carbonyl (C=O) groups is 2. The molecule has 382 valence electrons. The smallest absolute Gasteiger partial charge is 0.311 e. The summed E-state index contributed by atoms with van der Waals surface area (Å²) in [5.74, 6) is -2.78. The van der Waals surface area contributed by atoms with E-state index in [4.69, 9.17) is 47.3 Å². The molecule has 11 nitrogen and oxygen atoms in total. The number of likely N-dealkylation sites (tertiary alicyclic amines) is 1. The van der Waals surface area contributed by atoms with E-state index in [-0.39, 0.29) is 60.0 Å². The summed E-state index contributed by atoms with van der Waals surface area (Å²) in [4.78, 5) is 27.6. The van der Waals surface area contributed by atoms with E-state index in [2.05, 4.69) is 20.8 Å². The third-order valence-corrected chi connectivity index (χ3v) is 14.4. The molecule has 0 radical (unpaired) electrons. The lowest BCUT2D eigenvalue weighted by Crippen LogP contribution is -2.53. The van der Waals surface area contributed by atoms with Crippen LogP contribution in [0.1, 0.15) is 44.2 Å². The number of hydrogen-bond acceptors (Lipinski definition) is 11. The summed E-state index contributed by atoms with van der Waals surface area (Å²) in [5, 5.41) is 11.1. The minimum atomic E-state index is -4.09. The summed E-state index contributed by atoms with van der Waals surface area (Å²) < 4.78 is 75.6. The van der Waals surface area contributed by atoms with E-state index in [0.29, 0.717) is 78.1 Å². The van der Waals surface area contributed by atoms with Gasteiger partial charge in [0.1, 0.15) is 11.6 Å². The molecular weight excluding hydrogens is 1040 g/mol. The SMILES string of the molecule is CCOC(=O)[C@@H](C[C@H](N)Cc1ccc(-c2cc(Cl)ccc2F)cc1)CN1CC[C@H]1COC.CCOC(=O)[C@H](COS(=O)(=O)c1ccc(Br)cc1)C[C@H](CB(C)O)Cc1ccc(-c2cc(Cl)ccc2F)cc1. The Hall–Kier alpha value is -4.23. The Morgan fingerprint density at radius 3 is 1.80 bits per heavy atom. The van der Waals surface area contributed by atoms with Crippen LogP contribution in [-0.2, 0) is 50.9 Å². The van der Waals surface area contributed by atoms with E-state index in [0.717, 1.165) is 34.1 Å². The first-order valence-electron chi connectivity index (χ1n) is 23.6. The summed E-state index contributed by atoms with van der Waals surface area (Å²) in [6, 6.07) is 30.0. The van der Waals surface area contributed by atoms with Crippen molar-refractivity contribution in [2.24, 2.45) is 23.5 Å². The van der Waals surface area contributed by atoms with E-state index in [1.165, 1.54) is 36.4 Å². The molecule has 1 fully saturated rings. The molecule has 5 aromatic carbocycles. The Morgan fingerprint density at radius 2 is 1.32 bits per heavy atom. The molecule has 0 saturated carbocycles. The topological polar surface area (TPSA) is 155 Å². The summed E-state index contributed by atoms with van der Waals surface area (Å²) in [6.45, 7) is 6.86. The van der Waals surface area contributed by atoms with Crippen LogP contribution >= 0.6 is 39.1 Å². The van der Waals surface area contributed by atoms with Crippen molar-refractivity contribution < 1.29 is 50.2 Å². The van der Waals surface area contributed by atoms with Crippen molar-refractivity contribution in [1.82, 2.24) is 4.90 Å². The van der Waals surface area contributed by atoms with Crippen molar-refractivity contribution >= 4 is 68.1 Å². The molecule has 1 aliphatic heterocycles. The van der Waals surface area contributed by atoms with Gasteiger partial charge in [-0.15, -0.1) is 0 Å². The highest BCUT2D eigenvalue weighted by atomic mass is 79.9. The maximum absolute atomic E-state index is 14.3. The van der Waals surface area contributed by atoms with Crippen molar-refractivity contribution in [3.63, 3.8) is 0 Å². The lowest BCUT2D eigenvalue weighted by Gasteiger charge is -2.42. The van der Waals surface area contributed by atoms with E-state index < -0.39 is 28.9 Å². The molecule has 6 rings (SSSR count). The fourth-order valence-electron chi connectivity index (χ4n) is 8.55. The Balaban J connectivity index is 0.000000269. The van der Waals surface area contributed by atoms with Crippen molar-refractivity contribution in [2.45, 2.75) is 76.1 Å². The molecule has 0 unspecified atom stereocenters. The second-order valence-corrected chi connectivity index (χ2v) is 21.1. The number of rotatable bonds is 24. The monoisotopic (exact) mass is 1100 g/mol. The highest BCUT2D eigenvalue weighted by Gasteiger charge is 2.34. The molecule has 0 spiro atoms. The molecule has 0 amide bonds. The van der Waals surface area contributed by atoms with E-state index in [9.17, 15) is 31.8 Å². The highest BCUT2D eigenvalue weighted by molar-refractivity contribution is 9.10. The quantitative estimate of drug-likeness (QED) is 0.0345. The van der Waals surface area contributed by atoms with Crippen LogP contribution in [0.5, 0.6) is 0 Å². The van der Waals surface area contributed by atoms with Gasteiger partial charge in [0, 0.05) is 57.9 Å². The minimum Gasteiger partial charge on any atom is -0.466 e. The first-order valence-corrected chi connectivity index (χ1v) is 26.6. The molecule has 1 heterocycles. The van der Waals surface area contributed by atoms with Crippen molar-refractivity contribution in [3.05, 3.63) is 146 Å². The van der Waals surface area contributed by atoms with Gasteiger partial charge < -0.3 is 25.0 Å². The zero-order chi connectivity index (χ0) is 51.7. The van der Waals surface area contributed by atoms with Crippen LogP contribution in [0.4, 0.5) is 8.78 Å². The zero-order valence-electron chi connectivity index (χ0n) is 40.4. The number of esters is 2. The second-order valence-electron chi connectivity index (χ2n) is 17.7. The van der Waals surface area contributed by atoms with Crippen LogP contribution in [0.25, 0.3) is 22.3 Å². The molecule has 71 heavy (non-hydrogen) atoms. The van der Waals surface area contributed by atoms with Gasteiger partial charge in [-0.1, -0.05) is 94.5 Å². The predicted octanol–water partition coefficient (Wildman–Crippen LogP) is 11.0. The van der Waals surface area contributed by atoms with E-state index in [1.54, 1.807) is 57.3 Å². The number of hydrogen-bond donors (Lipinski definition) is 2. The van der Waals surface area contributed by atoms with Crippen LogP contribution in [0.2, 0.25) is 23.2 Å². The molecule has 0 aliphatic carbocycles. The lowest BCUT2D eigenvalue weighted by molar-refractivity contribution is -0.151. The molecule has 0 bridgehead atoms. The van der Waals surface area contributed by atoms with Gasteiger partial charge in [-0.25, -0.2) is 8.78 Å². The number of nitrogens with two attached hydrogens (primary N) is 1. The van der Waals surface area contributed by atoms with Crippen LogP contribution in [0.3, 0.4) is 0 Å². The largest absolute Gasteiger partial charge is 0.466 e. The standard InChI is InChI=1S/C28H30BBrClFO6S.C25H32ClFN2O3/c1-3-37-28(33)22(18-38-39(35,36)25-11-8-23(30)9-12-25)15-20(17-29(2)34)14-19-4-6-21(7-5-19)26-16-24(31)10-13-27(26)32;1-3-32-25(30)19(15-29-11-10-22(29)16-31-2)13-21(28)12-17-4-6-18(7-5-17)23-14-20(26)8-9-24(23)27/h4-13,16,20,22,34H,3,14-15,17-18H2,1-2H3;4-9,14,19,21-22H,3,10-13,15-16,28H2,1-2H3/t20-,22+;19-,21+,22-/m10/s1. The number of nitrogens with zero attached hydrogens (tertiary/aromatic N) is 1. The molecule has 1 aliphatic rings. The van der Waals surface area contributed by atoms with Crippen LogP contribution in [0.15, 0.2) is 119 Å². The average molecular weight is 1100 g/mol. The third kappa shape index (κ3) is 18.0. The van der Waals surface area contributed by atoms with Gasteiger partial charge in [-0.3, -0.25) is 18.7 Å². The van der Waals surface area contributed by atoms with Crippen LogP contribution in [0, 0.1) is 29.4 Å². The number of halogens is 5. The summed E-state index contributed by atoms with van der Waals surface area (Å²) in [7, 11) is -2.40. The number of ether oxygens (including phenoxy) is 3. The molecule has 18 heteroatoms. The van der Waals surface area contributed by atoms with E-state index >= 15 is 0 Å². The van der Waals surface area contributed by atoms with Crippen molar-refractivity contribution in [3.8, 4) is 22.3 Å². The van der Waals surface area contributed by atoms with Gasteiger partial charge in [0.25, 0.3) is 17.0 Å². The van der Waals surface area contributed by atoms with Gasteiger partial charge >= 0.3 is 11.9 Å². The minimum absolute atomic E-state index is 0.0231. The molecule has 0 aromatic heterocycles. The molecule has 3 N–H and O–H groups in total. The predicted molar refractivity (Wildman–Crippen MR) is 280 cm³/mol. The highest BCUT2D eigenvalue weighted by Crippen LogP contribution is 2.31.